The highest BCUT2D eigenvalue weighted by Crippen LogP contribution is 2.43. The van der Waals surface area contributed by atoms with Crippen LogP contribution in [0.25, 0.3) is 27.9 Å². The minimum Gasteiger partial charge on any atom is -0.496 e. The minimum atomic E-state index is -0.916. The average molecular weight is 380 g/mol. The summed E-state index contributed by atoms with van der Waals surface area (Å²) in [6.45, 7) is 4.72. The lowest BCUT2D eigenvalue weighted by atomic mass is 9.93. The second kappa shape index (κ2) is 6.70. The molecule has 1 aliphatic rings. The molecule has 5 nitrogen and oxygen atoms in total. The van der Waals surface area contributed by atoms with Gasteiger partial charge in [-0.1, -0.05) is 11.6 Å². The SMILES string of the molecule is COc1cc2c(cc1C=C(C)C)-c1c(-c3nccs3)cc(C(=O)O)n1CC2. The summed E-state index contributed by atoms with van der Waals surface area (Å²) in [5, 5.41) is 12.4. The summed E-state index contributed by atoms with van der Waals surface area (Å²) in [4.78, 5) is 16.2. The number of allylic oxidation sites excluding steroid dienone is 1. The third-order valence-electron chi connectivity index (χ3n) is 4.74. The predicted octanol–water partition coefficient (Wildman–Crippen LogP) is 4.96. The molecule has 4 rings (SSSR count). The lowest BCUT2D eigenvalue weighted by molar-refractivity contribution is 0.0685. The van der Waals surface area contributed by atoms with Crippen LogP contribution >= 0.6 is 11.3 Å². The van der Waals surface area contributed by atoms with Gasteiger partial charge >= 0.3 is 5.97 Å². The van der Waals surface area contributed by atoms with Crippen molar-refractivity contribution in [2.24, 2.45) is 0 Å². The highest BCUT2D eigenvalue weighted by atomic mass is 32.1. The molecule has 27 heavy (non-hydrogen) atoms. The van der Waals surface area contributed by atoms with Crippen molar-refractivity contribution in [2.75, 3.05) is 7.11 Å². The zero-order valence-corrected chi connectivity index (χ0v) is 16.3. The molecular weight excluding hydrogens is 360 g/mol. The lowest BCUT2D eigenvalue weighted by Gasteiger charge is -2.23. The van der Waals surface area contributed by atoms with Gasteiger partial charge in [-0.2, -0.15) is 0 Å². The highest BCUT2D eigenvalue weighted by molar-refractivity contribution is 7.13. The van der Waals surface area contributed by atoms with E-state index in [9.17, 15) is 9.90 Å². The van der Waals surface area contributed by atoms with E-state index >= 15 is 0 Å². The van der Waals surface area contributed by atoms with Crippen LogP contribution in [-0.2, 0) is 13.0 Å². The molecular formula is C21H20N2O3S. The van der Waals surface area contributed by atoms with Crippen molar-refractivity contribution < 1.29 is 14.6 Å². The summed E-state index contributed by atoms with van der Waals surface area (Å²) in [6, 6.07) is 5.93. The molecule has 3 aromatic rings. The van der Waals surface area contributed by atoms with Crippen LogP contribution in [0.2, 0.25) is 0 Å². The van der Waals surface area contributed by atoms with Gasteiger partial charge in [0.15, 0.2) is 0 Å². The van der Waals surface area contributed by atoms with E-state index in [-0.39, 0.29) is 0 Å². The first-order valence-corrected chi connectivity index (χ1v) is 9.60. The summed E-state index contributed by atoms with van der Waals surface area (Å²) in [6.07, 6.45) is 4.60. The van der Waals surface area contributed by atoms with E-state index in [0.29, 0.717) is 12.2 Å². The smallest absolute Gasteiger partial charge is 0.352 e. The van der Waals surface area contributed by atoms with Crippen molar-refractivity contribution in [2.45, 2.75) is 26.8 Å². The van der Waals surface area contributed by atoms with E-state index in [2.05, 4.69) is 23.2 Å². The first kappa shape index (κ1) is 17.5. The number of carboxylic acid groups (broad SMARTS) is 1. The van der Waals surface area contributed by atoms with Crippen molar-refractivity contribution >= 4 is 23.4 Å². The largest absolute Gasteiger partial charge is 0.496 e. The van der Waals surface area contributed by atoms with Gasteiger partial charge in [0.25, 0.3) is 0 Å². The molecule has 6 heteroatoms. The molecule has 1 aliphatic heterocycles. The number of benzene rings is 1. The van der Waals surface area contributed by atoms with E-state index in [0.717, 1.165) is 45.1 Å². The van der Waals surface area contributed by atoms with Gasteiger partial charge in [0.2, 0.25) is 0 Å². The van der Waals surface area contributed by atoms with Gasteiger partial charge in [-0.05, 0) is 44.0 Å². The number of methoxy groups -OCH3 is 1. The van der Waals surface area contributed by atoms with Crippen molar-refractivity contribution in [3.8, 4) is 27.6 Å². The fourth-order valence-corrected chi connectivity index (χ4v) is 4.32. The monoisotopic (exact) mass is 380 g/mol. The van der Waals surface area contributed by atoms with Crippen LogP contribution < -0.4 is 4.74 Å². The van der Waals surface area contributed by atoms with Gasteiger partial charge in [-0.25, -0.2) is 9.78 Å². The summed E-state index contributed by atoms with van der Waals surface area (Å²) in [7, 11) is 1.68. The van der Waals surface area contributed by atoms with Gasteiger partial charge in [-0.3, -0.25) is 0 Å². The summed E-state index contributed by atoms with van der Waals surface area (Å²) in [5.41, 5.74) is 6.48. The van der Waals surface area contributed by atoms with Crippen molar-refractivity contribution in [3.63, 3.8) is 0 Å². The molecule has 0 bridgehead atoms. The Kier molecular flexibility index (Phi) is 4.36. The normalized spacial score (nSPS) is 12.3. The number of fused-ring (bicyclic) bond motifs is 3. The van der Waals surface area contributed by atoms with Crippen molar-refractivity contribution in [3.05, 3.63) is 52.2 Å². The van der Waals surface area contributed by atoms with Gasteiger partial charge in [-0.15, -0.1) is 11.3 Å². The Morgan fingerprint density at radius 3 is 2.74 bits per heavy atom. The summed E-state index contributed by atoms with van der Waals surface area (Å²) < 4.78 is 7.49. The third-order valence-corrected chi connectivity index (χ3v) is 5.54. The van der Waals surface area contributed by atoms with Crippen LogP contribution in [0.15, 0.2) is 35.3 Å². The molecule has 0 radical (unpaired) electrons. The molecule has 0 fully saturated rings. The number of aryl methyl sites for hydroxylation is 1. The average Bonchev–Trinajstić information content (AvgIpc) is 3.28. The van der Waals surface area contributed by atoms with Crippen molar-refractivity contribution in [1.29, 1.82) is 0 Å². The maximum Gasteiger partial charge on any atom is 0.352 e. The quantitative estimate of drug-likeness (QED) is 0.694. The summed E-state index contributed by atoms with van der Waals surface area (Å²) >= 11 is 1.52. The standard InChI is InChI=1S/C21H20N2O3S/c1-12(2)8-14-9-15-13(10-18(14)26-3)4-6-23-17(21(24)25)11-16(19(15)23)20-22-5-7-27-20/h5,7-11H,4,6H2,1-3H3,(H,24,25). The second-order valence-corrected chi connectivity index (χ2v) is 7.70. The first-order valence-electron chi connectivity index (χ1n) is 8.72. The van der Waals surface area contributed by atoms with E-state index in [4.69, 9.17) is 4.74 Å². The fourth-order valence-electron chi connectivity index (χ4n) is 3.67. The van der Waals surface area contributed by atoms with Gasteiger partial charge in [0.05, 0.1) is 12.8 Å². The number of hydrogen-bond donors (Lipinski definition) is 1. The Labute approximate surface area is 161 Å². The molecule has 0 amide bonds. The Hall–Kier alpha value is -2.86. The lowest BCUT2D eigenvalue weighted by Crippen LogP contribution is -2.16. The first-order chi connectivity index (χ1) is 13.0. The molecule has 0 atom stereocenters. The minimum absolute atomic E-state index is 0.306. The third kappa shape index (κ3) is 2.96. The molecule has 2 aromatic heterocycles. The molecule has 1 aromatic carbocycles. The van der Waals surface area contributed by atoms with Gasteiger partial charge < -0.3 is 14.4 Å². The van der Waals surface area contributed by atoms with E-state index in [1.165, 1.54) is 16.9 Å². The van der Waals surface area contributed by atoms with Crippen LogP contribution in [0.5, 0.6) is 5.75 Å². The Morgan fingerprint density at radius 1 is 1.30 bits per heavy atom. The maximum atomic E-state index is 11.8. The van der Waals surface area contributed by atoms with Crippen LogP contribution in [0.4, 0.5) is 0 Å². The highest BCUT2D eigenvalue weighted by Gasteiger charge is 2.28. The number of nitrogens with zero attached hydrogens (tertiary/aromatic N) is 2. The van der Waals surface area contributed by atoms with Crippen molar-refractivity contribution in [1.82, 2.24) is 9.55 Å². The summed E-state index contributed by atoms with van der Waals surface area (Å²) in [5.74, 6) is -0.0789. The molecule has 0 saturated heterocycles. The van der Waals surface area contributed by atoms with E-state index in [1.54, 1.807) is 19.4 Å². The number of thiazole rings is 1. The number of rotatable bonds is 4. The molecule has 0 spiro atoms. The van der Waals surface area contributed by atoms with Crippen LogP contribution in [0.1, 0.15) is 35.5 Å². The van der Waals surface area contributed by atoms with Crippen LogP contribution in [-0.4, -0.2) is 27.7 Å². The molecule has 138 valence electrons. The Morgan fingerprint density at radius 2 is 2.11 bits per heavy atom. The molecule has 3 heterocycles. The zero-order valence-electron chi connectivity index (χ0n) is 15.4. The molecule has 1 N–H and O–H groups in total. The Balaban J connectivity index is 2.02. The van der Waals surface area contributed by atoms with Crippen LogP contribution in [0, 0.1) is 0 Å². The van der Waals surface area contributed by atoms with E-state index in [1.807, 2.05) is 23.8 Å². The van der Waals surface area contributed by atoms with Gasteiger partial charge in [0.1, 0.15) is 16.5 Å². The second-order valence-electron chi connectivity index (χ2n) is 6.81. The maximum absolute atomic E-state index is 11.8. The van der Waals surface area contributed by atoms with Crippen LogP contribution in [0.3, 0.4) is 0 Å². The number of carbonyl (C=O) groups is 1. The molecule has 0 unspecified atom stereocenters. The molecule has 0 aliphatic carbocycles. The predicted molar refractivity (Wildman–Crippen MR) is 108 cm³/mol. The number of carboxylic acids is 1. The number of hydrogen-bond acceptors (Lipinski definition) is 4. The Bertz CT molecular complexity index is 1060. The number of ether oxygens (including phenoxy) is 1. The number of aromatic nitrogens is 2. The molecule has 0 saturated carbocycles. The zero-order chi connectivity index (χ0) is 19.1. The van der Waals surface area contributed by atoms with E-state index < -0.39 is 5.97 Å². The topological polar surface area (TPSA) is 64.3 Å². The number of aromatic carboxylic acids is 1. The van der Waals surface area contributed by atoms with Gasteiger partial charge in [0, 0.05) is 34.8 Å². The fraction of sp³-hybridized carbons (Fsp3) is 0.238.